The summed E-state index contributed by atoms with van der Waals surface area (Å²) in [5, 5.41) is 84.6. The third-order valence-electron chi connectivity index (χ3n) is 20.3. The highest BCUT2D eigenvalue weighted by Gasteiger charge is 2.43. The number of hydrogen-bond acceptors (Lipinski definition) is 22. The van der Waals surface area contributed by atoms with Gasteiger partial charge in [-0.05, 0) is 90.7 Å². The molecular formula is C79H111N19O20S2. The fraction of sp³-hybridized carbons (Fsp3) is 0.519. The molecule has 4 unspecified atom stereocenters. The molecule has 2 aliphatic heterocycles. The standard InChI is InChI=1S/C79H111N19O20S2/c1-9-41(5)63-76(116)87-48(23-17-26-84-79(81)82)68(108)96-64(42(6)10-2)77(117)91-50(29-44-19-13-11-14-20-44)69(109)90-53(35-60(101)102)71(111)93-55(34-47-37-83-39-85-47)78(118)98-27-18-24-57(98)74(114)95-62(40(3)4)75(115)92-54(36-61(103)104)72(112)94-56(66(80)106)38-120-59-33-46(32-58(100)65(59)105)31-52(88-67(107)49(25-28-119-8)86-43(7)99)70(110)89-51(73(113)97-63)30-45-21-15-12-16-22-45/h11-16,19-22,32-33,37,39-42,48-57,62-64,100,105H,9-10,17-18,23-31,34-36,38H2,1-8H3,(H2,80,106)(H,83,85)(H,86,99)(H,87,116)(H,88,107)(H,89,110)(H,90,109)(H,91,117)(H,92,115)(H,93,111)(H,94,112)(H,95,114)(H,96,108)(H,97,113)(H,101,102)(H,103,104)(H4,81,82,84)/t41-,42-,48?,49-,50-,51?,52-,53?,54?,55-,56-,57-,62-,63-,64-/m0/s1. The van der Waals surface area contributed by atoms with Gasteiger partial charge in [0.1, 0.15) is 78.5 Å². The number of carbonyl (C=O) groups excluding carboxylic acids is 14. The minimum atomic E-state index is -2.00. The van der Waals surface area contributed by atoms with Crippen molar-refractivity contribution in [2.75, 3.05) is 30.9 Å². The summed E-state index contributed by atoms with van der Waals surface area (Å²) in [5.41, 5.74) is 12.5. The van der Waals surface area contributed by atoms with Gasteiger partial charge in [0.05, 0.1) is 29.8 Å². The Bertz CT molecular complexity index is 4280. The number of nitrogens with zero attached hydrogens (tertiary/aromatic N) is 2. The highest BCUT2D eigenvalue weighted by molar-refractivity contribution is 7.99. The number of thioether (sulfide) groups is 2. The molecule has 41 heteroatoms. The number of imidazole rings is 1. The van der Waals surface area contributed by atoms with E-state index in [-0.39, 0.29) is 87.0 Å². The number of guanidine groups is 1. The minimum absolute atomic E-state index is 0.00379. The first kappa shape index (κ1) is 96.8. The van der Waals surface area contributed by atoms with Crippen molar-refractivity contribution in [2.45, 2.75) is 215 Å². The van der Waals surface area contributed by atoms with Gasteiger partial charge in [-0.15, -0.1) is 11.8 Å². The number of primary amides is 1. The number of phenolic OH excluding ortho intramolecular Hbond substituents is 2. The number of benzene rings is 3. The van der Waals surface area contributed by atoms with Crippen molar-refractivity contribution >= 4 is 124 Å². The third-order valence-corrected chi connectivity index (χ3v) is 22.1. The van der Waals surface area contributed by atoms with Gasteiger partial charge in [-0.2, -0.15) is 11.8 Å². The number of H-pyrrole nitrogens is 1. The number of nitrogens with two attached hydrogens (primary N) is 2. The molecule has 14 amide bonds. The summed E-state index contributed by atoms with van der Waals surface area (Å²) in [6.45, 7) is 10.7. The van der Waals surface area contributed by atoms with Gasteiger partial charge >= 0.3 is 11.9 Å². The summed E-state index contributed by atoms with van der Waals surface area (Å²) < 4.78 is 0. The smallest absolute Gasteiger partial charge is 0.305 e. The van der Waals surface area contributed by atoms with E-state index in [0.717, 1.165) is 11.0 Å². The first-order chi connectivity index (χ1) is 56.9. The topological polar surface area (TPSA) is 618 Å². The van der Waals surface area contributed by atoms with Gasteiger partial charge in [-0.3, -0.25) is 82.1 Å². The summed E-state index contributed by atoms with van der Waals surface area (Å²) in [6.07, 6.45) is 1.11. The molecule has 0 spiro atoms. The molecule has 1 aromatic heterocycles. The molecule has 4 aromatic rings. The number of amides is 14. The molecule has 1 saturated heterocycles. The number of hydrogen-bond donors (Lipinski definition) is 21. The number of rotatable bonds is 26. The van der Waals surface area contributed by atoms with Crippen LogP contribution in [0.2, 0.25) is 0 Å². The lowest BCUT2D eigenvalue weighted by Gasteiger charge is -2.32. The van der Waals surface area contributed by atoms with Crippen LogP contribution in [0, 0.1) is 23.2 Å². The lowest BCUT2D eigenvalue weighted by molar-refractivity contribution is -0.144. The Morgan fingerprint density at radius 3 is 1.65 bits per heavy atom. The molecule has 23 N–H and O–H groups in total. The van der Waals surface area contributed by atoms with Crippen LogP contribution in [0.1, 0.15) is 129 Å². The van der Waals surface area contributed by atoms with Crippen LogP contribution in [0.15, 0.2) is 90.2 Å². The number of aliphatic carboxylic acids is 2. The van der Waals surface area contributed by atoms with Crippen molar-refractivity contribution < 1.29 is 97.1 Å². The number of carbonyl (C=O) groups is 16. The molecule has 0 saturated carbocycles. The van der Waals surface area contributed by atoms with Crippen molar-refractivity contribution in [1.29, 1.82) is 5.41 Å². The maximum Gasteiger partial charge on any atom is 0.305 e. The molecule has 2 bridgehead atoms. The number of fused-ring (bicyclic) bond motifs is 3. The molecule has 39 nitrogen and oxygen atoms in total. The zero-order chi connectivity index (χ0) is 88.6. The van der Waals surface area contributed by atoms with Gasteiger partial charge in [0.25, 0.3) is 0 Å². The summed E-state index contributed by atoms with van der Waals surface area (Å²) in [7, 11) is 0. The van der Waals surface area contributed by atoms with E-state index in [1.807, 2.05) is 0 Å². The fourth-order valence-corrected chi connectivity index (χ4v) is 14.8. The highest BCUT2D eigenvalue weighted by Crippen LogP contribution is 2.38. The molecule has 3 aromatic carbocycles. The molecule has 3 heterocycles. The number of aromatic amines is 1. The van der Waals surface area contributed by atoms with Crippen LogP contribution in [0.25, 0.3) is 0 Å². The van der Waals surface area contributed by atoms with Crippen LogP contribution in [0.5, 0.6) is 11.5 Å². The van der Waals surface area contributed by atoms with Crippen LogP contribution in [-0.2, 0) is 102 Å². The quantitative estimate of drug-likeness (QED) is 0.0143. The van der Waals surface area contributed by atoms with Gasteiger partial charge in [0.15, 0.2) is 17.5 Å². The molecule has 0 aliphatic carbocycles. The summed E-state index contributed by atoms with van der Waals surface area (Å²) in [5.74, 6) is -22.0. The number of phenols is 2. The monoisotopic (exact) mass is 1710 g/mol. The number of nitrogens with one attached hydrogen (secondary N) is 15. The second-order valence-corrected chi connectivity index (χ2v) is 31.9. The van der Waals surface area contributed by atoms with Crippen molar-refractivity contribution in [1.82, 2.24) is 84.0 Å². The van der Waals surface area contributed by atoms with Crippen molar-refractivity contribution in [3.63, 3.8) is 0 Å². The molecule has 2 aliphatic rings. The Morgan fingerprint density at radius 2 is 1.13 bits per heavy atom. The average molecular weight is 1710 g/mol. The molecule has 1 fully saturated rings. The Morgan fingerprint density at radius 1 is 0.633 bits per heavy atom. The normalized spacial score (nSPS) is 23.6. The fourth-order valence-electron chi connectivity index (χ4n) is 13.3. The van der Waals surface area contributed by atoms with E-state index < -0.39 is 240 Å². The molecule has 654 valence electrons. The number of aromatic hydroxyl groups is 2. The summed E-state index contributed by atoms with van der Waals surface area (Å²) >= 11 is 1.95. The van der Waals surface area contributed by atoms with Crippen LogP contribution >= 0.6 is 23.5 Å². The average Bonchev–Trinajstić information content (AvgIpc) is 1.60. The summed E-state index contributed by atoms with van der Waals surface area (Å²) in [4.78, 5) is 237. The van der Waals surface area contributed by atoms with Gasteiger partial charge in [0.2, 0.25) is 82.7 Å². The zero-order valence-corrected chi connectivity index (χ0v) is 69.7. The molecule has 0 radical (unpaired) electrons. The lowest BCUT2D eigenvalue weighted by atomic mass is 9.95. The van der Waals surface area contributed by atoms with Crippen LogP contribution in [-0.4, -0.2) is 245 Å². The maximum atomic E-state index is 15.3. The van der Waals surface area contributed by atoms with E-state index >= 15 is 28.8 Å². The van der Waals surface area contributed by atoms with Gasteiger partial charge in [0, 0.05) is 57.6 Å². The van der Waals surface area contributed by atoms with E-state index in [0.29, 0.717) is 28.6 Å². The van der Waals surface area contributed by atoms with Crippen LogP contribution < -0.4 is 80.6 Å². The molecular weight excluding hydrogens is 1600 g/mol. The van der Waals surface area contributed by atoms with E-state index in [9.17, 15) is 68.4 Å². The largest absolute Gasteiger partial charge is 0.504 e. The Kier molecular flexibility index (Phi) is 38.3. The number of carboxylic acid groups (broad SMARTS) is 2. The van der Waals surface area contributed by atoms with Crippen molar-refractivity contribution in [3.8, 4) is 11.5 Å². The van der Waals surface area contributed by atoms with Crippen LogP contribution in [0.3, 0.4) is 0 Å². The number of carboxylic acids is 2. The number of aromatic nitrogens is 2. The predicted octanol–water partition coefficient (Wildman–Crippen LogP) is -1.78. The van der Waals surface area contributed by atoms with Crippen molar-refractivity contribution in [3.05, 3.63) is 108 Å². The molecule has 15 atom stereocenters. The Balaban J connectivity index is 1.50. The van der Waals surface area contributed by atoms with E-state index in [2.05, 4.69) is 79.1 Å². The second kappa shape index (κ2) is 47.5. The van der Waals surface area contributed by atoms with E-state index in [1.165, 1.54) is 51.1 Å². The first-order valence-electron chi connectivity index (χ1n) is 39.4. The van der Waals surface area contributed by atoms with Gasteiger partial charge in [-0.25, -0.2) is 4.98 Å². The second-order valence-electron chi connectivity index (χ2n) is 29.9. The third kappa shape index (κ3) is 30.1. The van der Waals surface area contributed by atoms with E-state index in [1.54, 1.807) is 94.6 Å². The SMILES string of the molecule is CC[C@H](C)[C@@H]1NC(=O)C(Cc2ccccc2)NC(=O)[C@@H](NC(=O)[C@H](CCSC)NC(C)=O)Cc2cc(O)c(O)c(c2)SC[C@@H](C(N)=O)NC(=O)C(CC(=O)O)NC(=O)[C@H](C(C)C)NC(=O)[C@@H]2CCCN2C(=O)[C@H](Cc2c[nH]cn2)NC(=O)C(CC(=O)O)NC(=O)[C@H](Cc2ccccc2)NC(=O)[C@H]([C@@H](C)CC)NC(=O)C(CCCNC(=N)N)NC1=O. The molecule has 120 heavy (non-hydrogen) atoms. The predicted molar refractivity (Wildman–Crippen MR) is 440 cm³/mol. The Labute approximate surface area is 701 Å². The van der Waals surface area contributed by atoms with Crippen LogP contribution in [0.4, 0.5) is 0 Å². The van der Waals surface area contributed by atoms with Gasteiger partial charge < -0.3 is 111 Å². The van der Waals surface area contributed by atoms with Crippen molar-refractivity contribution in [2.24, 2.45) is 29.2 Å². The molecule has 6 rings (SSSR count). The zero-order valence-electron chi connectivity index (χ0n) is 68.0. The lowest BCUT2D eigenvalue weighted by Crippen LogP contribution is -2.62. The maximum absolute atomic E-state index is 15.3. The minimum Gasteiger partial charge on any atom is -0.504 e. The summed E-state index contributed by atoms with van der Waals surface area (Å²) in [6, 6.07) is -2.49. The first-order valence-corrected chi connectivity index (χ1v) is 41.7. The Hall–Kier alpha value is -12.0. The van der Waals surface area contributed by atoms with Gasteiger partial charge in [-0.1, -0.05) is 115 Å². The highest BCUT2D eigenvalue weighted by atomic mass is 32.2. The van der Waals surface area contributed by atoms with E-state index in [4.69, 9.17) is 16.9 Å².